The third-order valence-corrected chi connectivity index (χ3v) is 3.19. The Morgan fingerprint density at radius 1 is 0.789 bits per heavy atom. The molecule has 1 atom stereocenters. The van der Waals surface area contributed by atoms with Crippen LogP contribution >= 0.6 is 0 Å². The SMILES string of the molecule is COCCCCOCCCCOCCCCS(=O)[O-]. The van der Waals surface area contributed by atoms with Crippen molar-refractivity contribution >= 4 is 11.1 Å². The molecule has 5 nitrogen and oxygen atoms in total. The molecule has 0 aliphatic carbocycles. The second kappa shape index (κ2) is 16.0. The van der Waals surface area contributed by atoms with Crippen LogP contribution in [0.1, 0.15) is 38.5 Å². The molecule has 0 amide bonds. The number of rotatable bonds is 15. The van der Waals surface area contributed by atoms with E-state index in [-0.39, 0.29) is 5.75 Å². The Labute approximate surface area is 119 Å². The molecule has 0 N–H and O–H groups in total. The van der Waals surface area contributed by atoms with Crippen molar-refractivity contribution < 1.29 is 23.0 Å². The van der Waals surface area contributed by atoms with Gasteiger partial charge in [-0.25, -0.2) is 0 Å². The number of unbranched alkanes of at least 4 members (excludes halogenated alkanes) is 3. The minimum atomic E-state index is -1.91. The van der Waals surface area contributed by atoms with Crippen LogP contribution in [0.25, 0.3) is 0 Å². The Balaban J connectivity index is 2.93. The van der Waals surface area contributed by atoms with Crippen LogP contribution in [-0.2, 0) is 25.3 Å². The molecule has 0 aromatic carbocycles. The standard InChI is InChI=1S/C13H28O5S/c1-16-8-2-3-9-17-10-4-5-11-18-12-6-7-13-19(14)15/h2-13H2,1H3,(H,14,15)/p-1. The molecule has 0 rings (SSSR count). The topological polar surface area (TPSA) is 67.8 Å². The lowest BCUT2D eigenvalue weighted by Gasteiger charge is -2.06. The third-order valence-electron chi connectivity index (χ3n) is 2.56. The Morgan fingerprint density at radius 2 is 1.21 bits per heavy atom. The van der Waals surface area contributed by atoms with Crippen LogP contribution in [-0.4, -0.2) is 54.7 Å². The van der Waals surface area contributed by atoms with E-state index in [1.807, 2.05) is 0 Å². The van der Waals surface area contributed by atoms with Gasteiger partial charge in [0.05, 0.1) is 0 Å². The fourth-order valence-corrected chi connectivity index (χ4v) is 1.93. The van der Waals surface area contributed by atoms with Crippen LogP contribution in [0.15, 0.2) is 0 Å². The summed E-state index contributed by atoms with van der Waals surface area (Å²) in [6.07, 6.45) is 5.59. The maximum atomic E-state index is 10.3. The van der Waals surface area contributed by atoms with Crippen LogP contribution in [0.4, 0.5) is 0 Å². The van der Waals surface area contributed by atoms with Gasteiger partial charge in [-0.3, -0.25) is 4.21 Å². The van der Waals surface area contributed by atoms with Gasteiger partial charge < -0.3 is 18.8 Å². The summed E-state index contributed by atoms with van der Waals surface area (Å²) in [5.41, 5.74) is 0. The summed E-state index contributed by atoms with van der Waals surface area (Å²) in [6.45, 7) is 3.77. The van der Waals surface area contributed by atoms with Crippen molar-refractivity contribution in [3.8, 4) is 0 Å². The minimum Gasteiger partial charge on any atom is -0.772 e. The summed E-state index contributed by atoms with van der Waals surface area (Å²) in [5, 5.41) is 0. The summed E-state index contributed by atoms with van der Waals surface area (Å²) in [6, 6.07) is 0. The lowest BCUT2D eigenvalue weighted by atomic mass is 10.3. The summed E-state index contributed by atoms with van der Waals surface area (Å²) >= 11 is -1.91. The molecular formula is C13H27O5S-. The Bertz CT molecular complexity index is 201. The van der Waals surface area contributed by atoms with E-state index in [4.69, 9.17) is 14.2 Å². The first kappa shape index (κ1) is 19.0. The maximum Gasteiger partial charge on any atom is 0.0466 e. The lowest BCUT2D eigenvalue weighted by Crippen LogP contribution is -2.03. The molecule has 0 aliphatic heterocycles. The minimum absolute atomic E-state index is 0.236. The molecule has 116 valence electrons. The molecule has 1 unspecified atom stereocenters. The van der Waals surface area contributed by atoms with Crippen molar-refractivity contribution in [1.29, 1.82) is 0 Å². The smallest absolute Gasteiger partial charge is 0.0466 e. The van der Waals surface area contributed by atoms with Crippen molar-refractivity contribution in [1.82, 2.24) is 0 Å². The summed E-state index contributed by atoms with van der Waals surface area (Å²) in [4.78, 5) is 0. The normalized spacial score (nSPS) is 12.7. The average molecular weight is 295 g/mol. The van der Waals surface area contributed by atoms with E-state index in [0.717, 1.165) is 58.5 Å². The van der Waals surface area contributed by atoms with Crippen molar-refractivity contribution in [2.75, 3.05) is 45.9 Å². The van der Waals surface area contributed by atoms with Gasteiger partial charge in [0.25, 0.3) is 0 Å². The fourth-order valence-electron chi connectivity index (χ4n) is 1.49. The van der Waals surface area contributed by atoms with Gasteiger partial charge in [-0.1, -0.05) is 11.1 Å². The highest BCUT2D eigenvalue weighted by atomic mass is 32.2. The van der Waals surface area contributed by atoms with Gasteiger partial charge in [0.15, 0.2) is 0 Å². The van der Waals surface area contributed by atoms with Crippen LogP contribution in [0.2, 0.25) is 0 Å². The van der Waals surface area contributed by atoms with Gasteiger partial charge in [-0.15, -0.1) is 0 Å². The molecule has 0 saturated carbocycles. The Kier molecular flexibility index (Phi) is 16.0. The zero-order chi connectivity index (χ0) is 14.2. The quantitative estimate of drug-likeness (QED) is 0.341. The molecule has 0 aliphatic rings. The predicted octanol–water partition coefficient (Wildman–Crippen LogP) is 1.89. The molecule has 6 heteroatoms. The first-order valence-corrected chi connectivity index (χ1v) is 8.22. The molecule has 0 radical (unpaired) electrons. The maximum absolute atomic E-state index is 10.3. The molecule has 0 spiro atoms. The third kappa shape index (κ3) is 18.0. The van der Waals surface area contributed by atoms with E-state index in [9.17, 15) is 8.76 Å². The molecule has 0 saturated heterocycles. The number of ether oxygens (including phenoxy) is 3. The number of methoxy groups -OCH3 is 1. The van der Waals surface area contributed by atoms with E-state index >= 15 is 0 Å². The zero-order valence-electron chi connectivity index (χ0n) is 11.9. The van der Waals surface area contributed by atoms with Gasteiger partial charge in [0.2, 0.25) is 0 Å². The molecule has 19 heavy (non-hydrogen) atoms. The van der Waals surface area contributed by atoms with Crippen LogP contribution in [0.3, 0.4) is 0 Å². The van der Waals surface area contributed by atoms with Gasteiger partial charge in [-0.2, -0.15) is 0 Å². The van der Waals surface area contributed by atoms with Crippen LogP contribution in [0, 0.1) is 0 Å². The molecule has 0 fully saturated rings. The number of hydrogen-bond donors (Lipinski definition) is 0. The van der Waals surface area contributed by atoms with Gasteiger partial charge >= 0.3 is 0 Å². The summed E-state index contributed by atoms with van der Waals surface area (Å²) < 4.78 is 36.3. The molecule has 0 aromatic heterocycles. The van der Waals surface area contributed by atoms with Crippen molar-refractivity contribution in [2.24, 2.45) is 0 Å². The average Bonchev–Trinajstić information content (AvgIpc) is 2.39. The Morgan fingerprint density at radius 3 is 1.63 bits per heavy atom. The molecule has 0 heterocycles. The number of hydrogen-bond acceptors (Lipinski definition) is 5. The highest BCUT2D eigenvalue weighted by molar-refractivity contribution is 7.79. The van der Waals surface area contributed by atoms with Crippen molar-refractivity contribution in [3.63, 3.8) is 0 Å². The van der Waals surface area contributed by atoms with Crippen LogP contribution in [0.5, 0.6) is 0 Å². The zero-order valence-corrected chi connectivity index (χ0v) is 12.8. The van der Waals surface area contributed by atoms with Crippen LogP contribution < -0.4 is 0 Å². The molecule has 0 bridgehead atoms. The summed E-state index contributed by atoms with van der Waals surface area (Å²) in [7, 11) is 1.71. The first-order valence-electron chi connectivity index (χ1n) is 6.97. The van der Waals surface area contributed by atoms with E-state index in [0.29, 0.717) is 13.0 Å². The van der Waals surface area contributed by atoms with E-state index in [1.54, 1.807) is 7.11 Å². The van der Waals surface area contributed by atoms with Crippen molar-refractivity contribution in [3.05, 3.63) is 0 Å². The van der Waals surface area contributed by atoms with Gasteiger partial charge in [0, 0.05) is 45.9 Å². The van der Waals surface area contributed by atoms with E-state index in [2.05, 4.69) is 0 Å². The second-order valence-electron chi connectivity index (χ2n) is 4.35. The lowest BCUT2D eigenvalue weighted by molar-refractivity contribution is 0.0960. The van der Waals surface area contributed by atoms with Crippen molar-refractivity contribution in [2.45, 2.75) is 38.5 Å². The summed E-state index contributed by atoms with van der Waals surface area (Å²) in [5.74, 6) is 0.236. The molecular weight excluding hydrogens is 268 g/mol. The predicted molar refractivity (Wildman–Crippen MR) is 75.0 cm³/mol. The van der Waals surface area contributed by atoms with E-state index < -0.39 is 11.1 Å². The van der Waals surface area contributed by atoms with E-state index in [1.165, 1.54) is 0 Å². The highest BCUT2D eigenvalue weighted by Gasteiger charge is 1.93. The first-order chi connectivity index (χ1) is 9.27. The van der Waals surface area contributed by atoms with Gasteiger partial charge in [-0.05, 0) is 38.5 Å². The fraction of sp³-hybridized carbons (Fsp3) is 1.00. The molecule has 0 aromatic rings. The monoisotopic (exact) mass is 295 g/mol. The van der Waals surface area contributed by atoms with Gasteiger partial charge in [0.1, 0.15) is 0 Å². The second-order valence-corrected chi connectivity index (χ2v) is 5.36. The Hall–Kier alpha value is -0.0100. The largest absolute Gasteiger partial charge is 0.772 e. The highest BCUT2D eigenvalue weighted by Crippen LogP contribution is 1.97.